The minimum Gasteiger partial charge on any atom is -0.494 e. The maximum atomic E-state index is 13.5. The number of benzene rings is 2. The molecule has 37 heavy (non-hydrogen) atoms. The van der Waals surface area contributed by atoms with Gasteiger partial charge in [0.25, 0.3) is 0 Å². The van der Waals surface area contributed by atoms with Crippen LogP contribution in [0, 0.1) is 6.92 Å². The van der Waals surface area contributed by atoms with Gasteiger partial charge in [0.1, 0.15) is 11.8 Å². The van der Waals surface area contributed by atoms with Gasteiger partial charge in [0.05, 0.1) is 18.6 Å². The van der Waals surface area contributed by atoms with E-state index in [0.29, 0.717) is 44.0 Å². The molecule has 204 valence electrons. The molecule has 8 nitrogen and oxygen atoms in total. The number of carbonyl (C=O) groups excluding carboxylic acids is 2. The lowest BCUT2D eigenvalue weighted by Crippen LogP contribution is -2.49. The van der Waals surface area contributed by atoms with E-state index in [-0.39, 0.29) is 24.8 Å². The predicted molar refractivity (Wildman–Crippen MR) is 148 cm³/mol. The molecule has 0 saturated carbocycles. The number of anilines is 1. The molecule has 2 aromatic rings. The van der Waals surface area contributed by atoms with Crippen molar-refractivity contribution < 1.29 is 22.7 Å². The van der Waals surface area contributed by atoms with E-state index in [9.17, 15) is 18.0 Å². The fourth-order valence-corrected chi connectivity index (χ4v) is 5.10. The normalized spacial score (nSPS) is 12.0. The number of ether oxygens (including phenoxy) is 1. The Hall–Kier alpha value is -3.07. The van der Waals surface area contributed by atoms with E-state index < -0.39 is 16.1 Å². The smallest absolute Gasteiger partial charge is 0.242 e. The van der Waals surface area contributed by atoms with Crippen LogP contribution in [0.4, 0.5) is 5.69 Å². The molecular weight excluding hydrogens is 490 g/mol. The summed E-state index contributed by atoms with van der Waals surface area (Å²) >= 11 is 0. The maximum Gasteiger partial charge on any atom is 0.242 e. The van der Waals surface area contributed by atoms with Gasteiger partial charge in [-0.25, -0.2) is 8.42 Å². The second-order valence-electron chi connectivity index (χ2n) is 9.03. The molecule has 0 fully saturated rings. The first-order chi connectivity index (χ1) is 17.6. The van der Waals surface area contributed by atoms with Crippen LogP contribution in [0.15, 0.2) is 48.5 Å². The summed E-state index contributed by atoms with van der Waals surface area (Å²) in [7, 11) is -3.56. The third-order valence-electron chi connectivity index (χ3n) is 6.12. The second kappa shape index (κ2) is 14.6. The summed E-state index contributed by atoms with van der Waals surface area (Å²) in [6.07, 6.45) is 2.87. The molecule has 0 spiro atoms. The Kier molecular flexibility index (Phi) is 11.9. The highest BCUT2D eigenvalue weighted by Gasteiger charge is 2.29. The lowest BCUT2D eigenvalue weighted by molar-refractivity contribution is -0.141. The fourth-order valence-electron chi connectivity index (χ4n) is 4.14. The molecule has 0 aromatic heterocycles. The van der Waals surface area contributed by atoms with Gasteiger partial charge in [0, 0.05) is 26.1 Å². The number of aryl methyl sites for hydroxylation is 1. The maximum absolute atomic E-state index is 13.5. The molecule has 0 aliphatic carbocycles. The van der Waals surface area contributed by atoms with Gasteiger partial charge < -0.3 is 15.0 Å². The molecule has 1 atom stereocenters. The van der Waals surface area contributed by atoms with Crippen LogP contribution in [0.1, 0.15) is 57.6 Å². The first kappa shape index (κ1) is 30.2. The van der Waals surface area contributed by atoms with Crippen molar-refractivity contribution in [1.82, 2.24) is 10.2 Å². The van der Waals surface area contributed by atoms with Crippen LogP contribution in [-0.4, -0.2) is 57.1 Å². The molecule has 0 aliphatic rings. The SMILES string of the molecule is CCCNC(=O)[C@H](CC)N(Cc1ccccc1C)C(=O)CCCN(c1ccc(OCC)cc1)S(C)(=O)=O. The van der Waals surface area contributed by atoms with Crippen molar-refractivity contribution in [2.75, 3.05) is 30.3 Å². The Morgan fingerprint density at radius 3 is 2.27 bits per heavy atom. The Balaban J connectivity index is 2.20. The molecule has 0 unspecified atom stereocenters. The van der Waals surface area contributed by atoms with Crippen LogP contribution in [0.3, 0.4) is 0 Å². The number of hydrogen-bond donors (Lipinski definition) is 1. The third-order valence-corrected chi connectivity index (χ3v) is 7.32. The summed E-state index contributed by atoms with van der Waals surface area (Å²) in [6, 6.07) is 14.1. The van der Waals surface area contributed by atoms with Gasteiger partial charge in [-0.15, -0.1) is 0 Å². The number of amides is 2. The van der Waals surface area contributed by atoms with E-state index >= 15 is 0 Å². The molecule has 0 aliphatic heterocycles. The molecule has 2 amide bonds. The molecule has 0 heterocycles. The van der Waals surface area contributed by atoms with Gasteiger partial charge in [0.15, 0.2) is 0 Å². The molecule has 2 rings (SSSR count). The van der Waals surface area contributed by atoms with Crippen molar-refractivity contribution in [3.05, 3.63) is 59.7 Å². The summed E-state index contributed by atoms with van der Waals surface area (Å²) in [6.45, 7) is 9.27. The minimum absolute atomic E-state index is 0.118. The van der Waals surface area contributed by atoms with Crippen molar-refractivity contribution >= 4 is 27.5 Å². The van der Waals surface area contributed by atoms with Crippen molar-refractivity contribution in [2.24, 2.45) is 0 Å². The largest absolute Gasteiger partial charge is 0.494 e. The highest BCUT2D eigenvalue weighted by molar-refractivity contribution is 7.92. The monoisotopic (exact) mass is 531 g/mol. The van der Waals surface area contributed by atoms with E-state index in [2.05, 4.69) is 5.32 Å². The van der Waals surface area contributed by atoms with Gasteiger partial charge in [0.2, 0.25) is 21.8 Å². The van der Waals surface area contributed by atoms with Crippen LogP contribution in [0.25, 0.3) is 0 Å². The summed E-state index contributed by atoms with van der Waals surface area (Å²) in [4.78, 5) is 28.0. The summed E-state index contributed by atoms with van der Waals surface area (Å²) in [5.74, 6) is 0.314. The zero-order valence-electron chi connectivity index (χ0n) is 22.7. The first-order valence-corrected chi connectivity index (χ1v) is 14.8. The molecule has 9 heteroatoms. The highest BCUT2D eigenvalue weighted by Crippen LogP contribution is 2.23. The Morgan fingerprint density at radius 2 is 1.70 bits per heavy atom. The lowest BCUT2D eigenvalue weighted by Gasteiger charge is -2.31. The molecular formula is C28H41N3O5S. The van der Waals surface area contributed by atoms with E-state index in [1.54, 1.807) is 29.2 Å². The number of sulfonamides is 1. The summed E-state index contributed by atoms with van der Waals surface area (Å²) < 4.78 is 31.8. The Morgan fingerprint density at radius 1 is 1.03 bits per heavy atom. The fraction of sp³-hybridized carbons (Fsp3) is 0.500. The zero-order chi connectivity index (χ0) is 27.4. The molecule has 0 radical (unpaired) electrons. The van der Waals surface area contributed by atoms with Crippen molar-refractivity contribution in [2.45, 2.75) is 66.0 Å². The third kappa shape index (κ3) is 9.07. The number of nitrogens with one attached hydrogen (secondary N) is 1. The number of nitrogens with zero attached hydrogens (tertiary/aromatic N) is 2. The Bertz CT molecular complexity index is 1120. The zero-order valence-corrected chi connectivity index (χ0v) is 23.5. The number of carbonyl (C=O) groups is 2. The highest BCUT2D eigenvalue weighted by atomic mass is 32.2. The van der Waals surface area contributed by atoms with Crippen LogP contribution in [0.5, 0.6) is 5.75 Å². The van der Waals surface area contributed by atoms with E-state index in [0.717, 1.165) is 23.8 Å². The van der Waals surface area contributed by atoms with E-state index in [1.807, 2.05) is 52.0 Å². The van der Waals surface area contributed by atoms with Crippen LogP contribution < -0.4 is 14.4 Å². The molecule has 2 aromatic carbocycles. The van der Waals surface area contributed by atoms with Gasteiger partial charge in [-0.1, -0.05) is 38.1 Å². The lowest BCUT2D eigenvalue weighted by atomic mass is 10.1. The van der Waals surface area contributed by atoms with Gasteiger partial charge in [-0.2, -0.15) is 0 Å². The standard InChI is InChI=1S/C28H41N3O5S/c1-6-19-29-28(33)26(7-2)30(21-23-13-10-9-12-22(23)4)27(32)14-11-20-31(37(5,34)35)24-15-17-25(18-16-24)36-8-3/h9-10,12-13,15-18,26H,6-8,11,14,19-21H2,1-5H3,(H,29,33)/t26-/m0/s1. The average Bonchev–Trinajstić information content (AvgIpc) is 2.86. The van der Waals surface area contributed by atoms with Gasteiger partial charge >= 0.3 is 0 Å². The minimum atomic E-state index is -3.56. The molecule has 1 N–H and O–H groups in total. The summed E-state index contributed by atoms with van der Waals surface area (Å²) in [5.41, 5.74) is 2.54. The van der Waals surface area contributed by atoms with Crippen LogP contribution in [0.2, 0.25) is 0 Å². The van der Waals surface area contributed by atoms with E-state index in [1.165, 1.54) is 4.31 Å². The molecule has 0 bridgehead atoms. The summed E-state index contributed by atoms with van der Waals surface area (Å²) in [5, 5.41) is 2.92. The number of hydrogen-bond acceptors (Lipinski definition) is 5. The van der Waals surface area contributed by atoms with Crippen molar-refractivity contribution in [1.29, 1.82) is 0 Å². The second-order valence-corrected chi connectivity index (χ2v) is 10.9. The quantitative estimate of drug-likeness (QED) is 0.370. The average molecular weight is 532 g/mol. The Labute approximate surface area is 222 Å². The van der Waals surface area contributed by atoms with Crippen molar-refractivity contribution in [3.8, 4) is 5.75 Å². The van der Waals surface area contributed by atoms with Gasteiger partial charge in [-0.3, -0.25) is 13.9 Å². The number of rotatable bonds is 15. The van der Waals surface area contributed by atoms with Crippen molar-refractivity contribution in [3.63, 3.8) is 0 Å². The topological polar surface area (TPSA) is 96.0 Å². The predicted octanol–water partition coefficient (Wildman–Crippen LogP) is 4.27. The molecule has 0 saturated heterocycles. The first-order valence-electron chi connectivity index (χ1n) is 12.9. The van der Waals surface area contributed by atoms with Gasteiger partial charge in [-0.05, 0) is 68.5 Å². The van der Waals surface area contributed by atoms with Crippen LogP contribution >= 0.6 is 0 Å². The van der Waals surface area contributed by atoms with E-state index in [4.69, 9.17) is 4.74 Å². The van der Waals surface area contributed by atoms with Crippen LogP contribution in [-0.2, 0) is 26.2 Å².